The number of aryl methyl sites for hydroxylation is 1. The molecule has 2 N–H and O–H groups in total. The molecule has 0 bridgehead atoms. The van der Waals surface area contributed by atoms with Crippen LogP contribution in [0.4, 0.5) is 0 Å². The number of rotatable bonds is 4. The van der Waals surface area contributed by atoms with Crippen LogP contribution in [0.3, 0.4) is 0 Å². The molecule has 110 valence electrons. The number of hydrogen-bond donors (Lipinski definition) is 1. The SMILES string of the molecule is CN(Cc1ccc(CN)cc1)C1CCc2cccnc2C1. The summed E-state index contributed by atoms with van der Waals surface area (Å²) in [7, 11) is 2.22. The molecular formula is C18H23N3. The molecule has 0 amide bonds. The van der Waals surface area contributed by atoms with Gasteiger partial charge in [0.15, 0.2) is 0 Å². The van der Waals surface area contributed by atoms with Gasteiger partial charge in [0.1, 0.15) is 0 Å². The van der Waals surface area contributed by atoms with Crippen molar-refractivity contribution < 1.29 is 0 Å². The molecule has 0 fully saturated rings. The Labute approximate surface area is 126 Å². The Hall–Kier alpha value is -1.71. The van der Waals surface area contributed by atoms with Crippen molar-refractivity contribution in [2.24, 2.45) is 5.73 Å². The summed E-state index contributed by atoms with van der Waals surface area (Å²) in [6, 6.07) is 13.5. The van der Waals surface area contributed by atoms with Gasteiger partial charge in [0.05, 0.1) is 0 Å². The Morgan fingerprint density at radius 1 is 1.19 bits per heavy atom. The molecule has 0 saturated heterocycles. The average Bonchev–Trinajstić information content (AvgIpc) is 2.55. The molecule has 1 aliphatic carbocycles. The molecule has 21 heavy (non-hydrogen) atoms. The fraction of sp³-hybridized carbons (Fsp3) is 0.389. The first-order chi connectivity index (χ1) is 10.3. The minimum Gasteiger partial charge on any atom is -0.326 e. The van der Waals surface area contributed by atoms with Crippen LogP contribution in [0.1, 0.15) is 28.8 Å². The van der Waals surface area contributed by atoms with Gasteiger partial charge in [0, 0.05) is 37.4 Å². The predicted molar refractivity (Wildman–Crippen MR) is 85.9 cm³/mol. The lowest BCUT2D eigenvalue weighted by Gasteiger charge is -2.32. The van der Waals surface area contributed by atoms with Crippen molar-refractivity contribution in [2.75, 3.05) is 7.05 Å². The van der Waals surface area contributed by atoms with E-state index in [4.69, 9.17) is 5.73 Å². The van der Waals surface area contributed by atoms with Gasteiger partial charge < -0.3 is 5.73 Å². The molecule has 3 heteroatoms. The molecule has 3 rings (SSSR count). The van der Waals surface area contributed by atoms with Crippen molar-refractivity contribution in [3.05, 3.63) is 65.0 Å². The minimum absolute atomic E-state index is 0.585. The number of pyridine rings is 1. The standard InChI is InChI=1S/C18H23N3/c1-21(13-15-6-4-14(12-19)5-7-15)17-9-8-16-3-2-10-20-18(16)11-17/h2-7,10,17H,8-9,11-13,19H2,1H3. The lowest BCUT2D eigenvalue weighted by atomic mass is 9.91. The number of nitrogens with zero attached hydrogens (tertiary/aromatic N) is 2. The largest absolute Gasteiger partial charge is 0.326 e. The Morgan fingerprint density at radius 3 is 2.71 bits per heavy atom. The van der Waals surface area contributed by atoms with E-state index in [0.717, 1.165) is 19.4 Å². The minimum atomic E-state index is 0.585. The molecule has 1 unspecified atom stereocenters. The maximum Gasteiger partial charge on any atom is 0.0451 e. The van der Waals surface area contributed by atoms with E-state index in [1.165, 1.54) is 28.8 Å². The van der Waals surface area contributed by atoms with Crippen molar-refractivity contribution in [2.45, 2.75) is 38.4 Å². The predicted octanol–water partition coefficient (Wildman–Crippen LogP) is 2.53. The van der Waals surface area contributed by atoms with Crippen LogP contribution in [0.5, 0.6) is 0 Å². The number of nitrogens with two attached hydrogens (primary N) is 1. The lowest BCUT2D eigenvalue weighted by molar-refractivity contribution is 0.212. The second kappa shape index (κ2) is 6.37. The first kappa shape index (κ1) is 14.2. The van der Waals surface area contributed by atoms with E-state index >= 15 is 0 Å². The molecule has 0 spiro atoms. The third-order valence-electron chi connectivity index (χ3n) is 4.47. The van der Waals surface area contributed by atoms with Gasteiger partial charge in [-0.3, -0.25) is 9.88 Å². The second-order valence-electron chi connectivity index (χ2n) is 5.94. The highest BCUT2D eigenvalue weighted by Crippen LogP contribution is 2.23. The quantitative estimate of drug-likeness (QED) is 0.936. The van der Waals surface area contributed by atoms with Crippen LogP contribution < -0.4 is 5.73 Å². The zero-order valence-electron chi connectivity index (χ0n) is 12.6. The van der Waals surface area contributed by atoms with Crippen LogP contribution in [-0.4, -0.2) is 23.0 Å². The second-order valence-corrected chi connectivity index (χ2v) is 5.94. The first-order valence-corrected chi connectivity index (χ1v) is 7.67. The molecule has 1 aromatic heterocycles. The van der Waals surface area contributed by atoms with Gasteiger partial charge in [0.25, 0.3) is 0 Å². The van der Waals surface area contributed by atoms with E-state index in [1.54, 1.807) is 0 Å². The maximum atomic E-state index is 5.65. The van der Waals surface area contributed by atoms with E-state index < -0.39 is 0 Å². The summed E-state index contributed by atoms with van der Waals surface area (Å²) in [5.41, 5.74) is 10.9. The van der Waals surface area contributed by atoms with Crippen molar-refractivity contribution >= 4 is 0 Å². The van der Waals surface area contributed by atoms with Crippen LogP contribution in [0.2, 0.25) is 0 Å². The summed E-state index contributed by atoms with van der Waals surface area (Å²) < 4.78 is 0. The third-order valence-corrected chi connectivity index (χ3v) is 4.47. The van der Waals surface area contributed by atoms with E-state index in [9.17, 15) is 0 Å². The summed E-state index contributed by atoms with van der Waals surface area (Å²) in [6.07, 6.45) is 5.33. The first-order valence-electron chi connectivity index (χ1n) is 7.67. The van der Waals surface area contributed by atoms with Crippen molar-refractivity contribution in [3.63, 3.8) is 0 Å². The maximum absolute atomic E-state index is 5.65. The van der Waals surface area contributed by atoms with Crippen LogP contribution >= 0.6 is 0 Å². The molecule has 0 aliphatic heterocycles. The zero-order valence-corrected chi connectivity index (χ0v) is 12.6. The topological polar surface area (TPSA) is 42.1 Å². The highest BCUT2D eigenvalue weighted by atomic mass is 15.1. The normalized spacial score (nSPS) is 17.8. The average molecular weight is 281 g/mol. The summed E-state index contributed by atoms with van der Waals surface area (Å²) in [6.45, 7) is 1.60. The highest BCUT2D eigenvalue weighted by Gasteiger charge is 2.22. The molecule has 0 radical (unpaired) electrons. The van der Waals surface area contributed by atoms with Crippen LogP contribution in [0, 0.1) is 0 Å². The zero-order chi connectivity index (χ0) is 14.7. The number of likely N-dealkylation sites (N-methyl/N-ethyl adjacent to an activating group) is 1. The Bertz CT molecular complexity index is 592. The van der Waals surface area contributed by atoms with Gasteiger partial charge in [-0.15, -0.1) is 0 Å². The molecule has 1 aromatic carbocycles. The number of fused-ring (bicyclic) bond motifs is 1. The molecule has 2 aromatic rings. The van der Waals surface area contributed by atoms with Gasteiger partial charge in [-0.05, 0) is 42.6 Å². The number of benzene rings is 1. The highest BCUT2D eigenvalue weighted by molar-refractivity contribution is 5.25. The molecule has 1 aliphatic rings. The Morgan fingerprint density at radius 2 is 1.95 bits per heavy atom. The number of aromatic nitrogens is 1. The fourth-order valence-corrected chi connectivity index (χ4v) is 3.10. The molecule has 0 saturated carbocycles. The van der Waals surface area contributed by atoms with Crippen LogP contribution in [0.25, 0.3) is 0 Å². The van der Waals surface area contributed by atoms with E-state index in [1.807, 2.05) is 12.3 Å². The summed E-state index contributed by atoms with van der Waals surface area (Å²) in [5.74, 6) is 0. The lowest BCUT2D eigenvalue weighted by Crippen LogP contribution is -2.36. The van der Waals surface area contributed by atoms with Crippen molar-refractivity contribution in [3.8, 4) is 0 Å². The van der Waals surface area contributed by atoms with Crippen molar-refractivity contribution in [1.29, 1.82) is 0 Å². The van der Waals surface area contributed by atoms with E-state index in [2.05, 4.69) is 47.3 Å². The summed E-state index contributed by atoms with van der Waals surface area (Å²) in [4.78, 5) is 6.99. The van der Waals surface area contributed by atoms with Gasteiger partial charge in [-0.1, -0.05) is 30.3 Å². The molecule has 3 nitrogen and oxygen atoms in total. The van der Waals surface area contributed by atoms with Gasteiger partial charge in [-0.25, -0.2) is 0 Å². The smallest absolute Gasteiger partial charge is 0.0451 e. The van der Waals surface area contributed by atoms with E-state index in [0.29, 0.717) is 12.6 Å². The molecule has 1 atom stereocenters. The summed E-state index contributed by atoms with van der Waals surface area (Å²) >= 11 is 0. The summed E-state index contributed by atoms with van der Waals surface area (Å²) in [5, 5.41) is 0. The van der Waals surface area contributed by atoms with Gasteiger partial charge in [-0.2, -0.15) is 0 Å². The number of hydrogen-bond acceptors (Lipinski definition) is 3. The molecule has 1 heterocycles. The third kappa shape index (κ3) is 3.31. The van der Waals surface area contributed by atoms with Gasteiger partial charge >= 0.3 is 0 Å². The molecular weight excluding hydrogens is 258 g/mol. The Kier molecular flexibility index (Phi) is 4.32. The van der Waals surface area contributed by atoms with Crippen LogP contribution in [0.15, 0.2) is 42.6 Å². The van der Waals surface area contributed by atoms with Crippen LogP contribution in [-0.2, 0) is 25.9 Å². The Balaban J connectivity index is 1.64. The fourth-order valence-electron chi connectivity index (χ4n) is 3.10. The monoisotopic (exact) mass is 281 g/mol. The van der Waals surface area contributed by atoms with Crippen molar-refractivity contribution in [1.82, 2.24) is 9.88 Å². The van der Waals surface area contributed by atoms with E-state index in [-0.39, 0.29) is 0 Å². The van der Waals surface area contributed by atoms with Gasteiger partial charge in [0.2, 0.25) is 0 Å².